The molecule has 21 heavy (non-hydrogen) atoms. The van der Waals surface area contributed by atoms with Gasteiger partial charge in [-0.1, -0.05) is 0 Å². The zero-order valence-corrected chi connectivity index (χ0v) is 11.4. The zero-order chi connectivity index (χ0) is 15.6. The number of nitrogens with one attached hydrogen (secondary N) is 1. The van der Waals surface area contributed by atoms with Crippen molar-refractivity contribution in [2.75, 3.05) is 6.61 Å². The summed E-state index contributed by atoms with van der Waals surface area (Å²) in [7, 11) is 0. The summed E-state index contributed by atoms with van der Waals surface area (Å²) < 4.78 is 31.8. The van der Waals surface area contributed by atoms with Gasteiger partial charge in [0.25, 0.3) is 5.91 Å². The van der Waals surface area contributed by atoms with Crippen LogP contribution in [-0.2, 0) is 4.74 Å². The van der Waals surface area contributed by atoms with Crippen molar-refractivity contribution in [3.05, 3.63) is 34.9 Å². The van der Waals surface area contributed by atoms with Crippen molar-refractivity contribution in [3.8, 4) is 0 Å². The van der Waals surface area contributed by atoms with Crippen LogP contribution >= 0.6 is 0 Å². The number of carboxylic acids is 1. The molecule has 0 bridgehead atoms. The molecule has 0 saturated carbocycles. The highest BCUT2D eigenvalue weighted by Gasteiger charge is 2.26. The maximum absolute atomic E-state index is 13.2. The molecule has 0 radical (unpaired) electrons. The van der Waals surface area contributed by atoms with Crippen molar-refractivity contribution in [1.29, 1.82) is 0 Å². The summed E-state index contributed by atoms with van der Waals surface area (Å²) in [6.45, 7) is 2.32. The number of aromatic carboxylic acids is 1. The summed E-state index contributed by atoms with van der Waals surface area (Å²) in [4.78, 5) is 23.1. The molecule has 7 heteroatoms. The average molecular weight is 299 g/mol. The molecule has 5 nitrogen and oxygen atoms in total. The fourth-order valence-electron chi connectivity index (χ4n) is 2.29. The van der Waals surface area contributed by atoms with Crippen LogP contribution in [0.4, 0.5) is 8.78 Å². The molecule has 0 aliphatic carbocycles. The Morgan fingerprint density at radius 2 is 1.95 bits per heavy atom. The minimum atomic E-state index is -1.50. The largest absolute Gasteiger partial charge is 0.478 e. The standard InChI is InChI=1S/C14H15F2NO4/c1-7(12-3-2-4-21-12)17-13(18)8-5-10(15)11(16)6-9(8)14(19)20/h5-7,12H,2-4H2,1H3,(H,17,18)(H,19,20). The Labute approximate surface area is 119 Å². The number of carboxylic acid groups (broad SMARTS) is 1. The topological polar surface area (TPSA) is 75.6 Å². The fraction of sp³-hybridized carbons (Fsp3) is 0.429. The van der Waals surface area contributed by atoms with Gasteiger partial charge in [-0.15, -0.1) is 0 Å². The molecule has 1 aromatic carbocycles. The molecule has 1 fully saturated rings. The first-order chi connectivity index (χ1) is 9.90. The first-order valence-electron chi connectivity index (χ1n) is 6.55. The van der Waals surface area contributed by atoms with E-state index in [1.807, 2.05) is 0 Å². The minimum absolute atomic E-state index is 0.160. The van der Waals surface area contributed by atoms with Crippen LogP contribution in [0.3, 0.4) is 0 Å². The van der Waals surface area contributed by atoms with Gasteiger partial charge in [0.1, 0.15) is 0 Å². The van der Waals surface area contributed by atoms with Gasteiger partial charge >= 0.3 is 5.97 Å². The molecule has 2 unspecified atom stereocenters. The van der Waals surface area contributed by atoms with Crippen LogP contribution in [0.2, 0.25) is 0 Å². The summed E-state index contributed by atoms with van der Waals surface area (Å²) in [6, 6.07) is 0.745. The van der Waals surface area contributed by atoms with Gasteiger partial charge in [0, 0.05) is 6.61 Å². The molecule has 1 aliphatic heterocycles. The van der Waals surface area contributed by atoms with Crippen LogP contribution in [0, 0.1) is 11.6 Å². The zero-order valence-electron chi connectivity index (χ0n) is 11.4. The monoisotopic (exact) mass is 299 g/mol. The normalized spacial score (nSPS) is 19.3. The Hall–Kier alpha value is -2.02. The number of benzene rings is 1. The van der Waals surface area contributed by atoms with Gasteiger partial charge in [-0.25, -0.2) is 13.6 Å². The van der Waals surface area contributed by atoms with E-state index in [1.165, 1.54) is 0 Å². The molecule has 2 N–H and O–H groups in total. The number of carbonyl (C=O) groups is 2. The average Bonchev–Trinajstić information content (AvgIpc) is 2.95. The SMILES string of the molecule is CC(NC(=O)c1cc(F)c(F)cc1C(=O)O)C1CCCO1. The second-order valence-corrected chi connectivity index (χ2v) is 4.93. The Balaban J connectivity index is 2.21. The molecule has 2 atom stereocenters. The van der Waals surface area contributed by atoms with Crippen LogP contribution < -0.4 is 5.32 Å². The van der Waals surface area contributed by atoms with Gasteiger partial charge < -0.3 is 15.2 Å². The lowest BCUT2D eigenvalue weighted by Gasteiger charge is -2.20. The lowest BCUT2D eigenvalue weighted by atomic mass is 10.0. The van der Waals surface area contributed by atoms with Crippen molar-refractivity contribution in [2.45, 2.75) is 31.9 Å². The van der Waals surface area contributed by atoms with E-state index < -0.39 is 34.6 Å². The van der Waals surface area contributed by atoms with Crippen LogP contribution in [0.5, 0.6) is 0 Å². The molecule has 114 valence electrons. The van der Waals surface area contributed by atoms with E-state index in [0.29, 0.717) is 18.7 Å². The lowest BCUT2D eigenvalue weighted by Crippen LogP contribution is -2.41. The van der Waals surface area contributed by atoms with Gasteiger partial charge in [0.15, 0.2) is 11.6 Å². The van der Waals surface area contributed by atoms with E-state index in [1.54, 1.807) is 6.92 Å². The first-order valence-corrected chi connectivity index (χ1v) is 6.55. The Kier molecular flexibility index (Phi) is 4.52. The third kappa shape index (κ3) is 3.36. The summed E-state index contributed by atoms with van der Waals surface area (Å²) in [6.07, 6.45) is 1.51. The molecule has 1 amide bonds. The van der Waals surface area contributed by atoms with E-state index in [0.717, 1.165) is 12.8 Å². The van der Waals surface area contributed by atoms with Gasteiger partial charge in [0.2, 0.25) is 0 Å². The maximum atomic E-state index is 13.2. The van der Waals surface area contributed by atoms with Crippen molar-refractivity contribution in [2.24, 2.45) is 0 Å². The predicted molar refractivity (Wildman–Crippen MR) is 69.2 cm³/mol. The number of carbonyl (C=O) groups excluding carboxylic acids is 1. The molecule has 1 aliphatic rings. The number of hydrogen-bond donors (Lipinski definition) is 2. The summed E-state index contributed by atoms with van der Waals surface area (Å²) in [5.41, 5.74) is -0.989. The van der Waals surface area contributed by atoms with Crippen molar-refractivity contribution >= 4 is 11.9 Å². The lowest BCUT2D eigenvalue weighted by molar-refractivity contribution is 0.0674. The number of rotatable bonds is 4. The summed E-state index contributed by atoms with van der Waals surface area (Å²) >= 11 is 0. The number of halogens is 2. The highest BCUT2D eigenvalue weighted by molar-refractivity contribution is 6.04. The quantitative estimate of drug-likeness (QED) is 0.891. The summed E-state index contributed by atoms with van der Waals surface area (Å²) in [5, 5.41) is 11.5. The second kappa shape index (κ2) is 6.17. The van der Waals surface area contributed by atoms with Crippen LogP contribution in [0.25, 0.3) is 0 Å². The number of hydrogen-bond acceptors (Lipinski definition) is 3. The van der Waals surface area contributed by atoms with Crippen molar-refractivity contribution < 1.29 is 28.2 Å². The first kappa shape index (κ1) is 15.4. The summed E-state index contributed by atoms with van der Waals surface area (Å²) in [5.74, 6) is -4.84. The van der Waals surface area contributed by atoms with Crippen LogP contribution in [0.1, 0.15) is 40.5 Å². The van der Waals surface area contributed by atoms with E-state index >= 15 is 0 Å². The van der Waals surface area contributed by atoms with E-state index in [4.69, 9.17) is 9.84 Å². The Morgan fingerprint density at radius 1 is 1.33 bits per heavy atom. The Morgan fingerprint density at radius 3 is 2.48 bits per heavy atom. The molecule has 1 heterocycles. The van der Waals surface area contributed by atoms with E-state index in [9.17, 15) is 18.4 Å². The Bertz CT molecular complexity index is 570. The van der Waals surface area contributed by atoms with Gasteiger partial charge in [0.05, 0.1) is 23.3 Å². The van der Waals surface area contributed by atoms with Gasteiger partial charge in [-0.05, 0) is 31.9 Å². The fourth-order valence-corrected chi connectivity index (χ4v) is 2.29. The number of amides is 1. The highest BCUT2D eigenvalue weighted by atomic mass is 19.2. The minimum Gasteiger partial charge on any atom is -0.478 e. The highest BCUT2D eigenvalue weighted by Crippen LogP contribution is 2.18. The smallest absolute Gasteiger partial charge is 0.336 e. The predicted octanol–water partition coefficient (Wildman–Crippen LogP) is 1.96. The molecule has 1 aromatic rings. The number of ether oxygens (including phenoxy) is 1. The van der Waals surface area contributed by atoms with Gasteiger partial charge in [-0.3, -0.25) is 4.79 Å². The van der Waals surface area contributed by atoms with Crippen molar-refractivity contribution in [3.63, 3.8) is 0 Å². The van der Waals surface area contributed by atoms with E-state index in [-0.39, 0.29) is 12.1 Å². The maximum Gasteiger partial charge on any atom is 0.336 e. The molecular formula is C14H15F2NO4. The van der Waals surface area contributed by atoms with Crippen LogP contribution in [0.15, 0.2) is 12.1 Å². The third-order valence-electron chi connectivity index (χ3n) is 3.42. The molecule has 0 spiro atoms. The molecular weight excluding hydrogens is 284 g/mol. The third-order valence-corrected chi connectivity index (χ3v) is 3.42. The van der Waals surface area contributed by atoms with Crippen molar-refractivity contribution in [1.82, 2.24) is 5.32 Å². The van der Waals surface area contributed by atoms with Gasteiger partial charge in [-0.2, -0.15) is 0 Å². The van der Waals surface area contributed by atoms with E-state index in [2.05, 4.69) is 5.32 Å². The molecule has 2 rings (SSSR count). The second-order valence-electron chi connectivity index (χ2n) is 4.93. The molecule has 0 aromatic heterocycles. The van der Waals surface area contributed by atoms with Crippen LogP contribution in [-0.4, -0.2) is 35.7 Å². The molecule has 1 saturated heterocycles.